The minimum atomic E-state index is 0.566. The lowest BCUT2D eigenvalue weighted by Gasteiger charge is -2.18. The van der Waals surface area contributed by atoms with Crippen molar-refractivity contribution in [1.29, 1.82) is 0 Å². The molecule has 3 heteroatoms. The van der Waals surface area contributed by atoms with E-state index in [1.165, 1.54) is 31.3 Å². The highest BCUT2D eigenvalue weighted by atomic mass is 16.3. The Kier molecular flexibility index (Phi) is 5.01. The van der Waals surface area contributed by atoms with E-state index in [1.54, 1.807) is 6.20 Å². The maximum atomic E-state index is 5.28. The molecule has 1 heterocycles. The van der Waals surface area contributed by atoms with Crippen LogP contribution in [0.5, 0.6) is 0 Å². The Morgan fingerprint density at radius 1 is 1.21 bits per heavy atom. The largest absolute Gasteiger partial charge is 0.444 e. The van der Waals surface area contributed by atoms with Gasteiger partial charge in [0.25, 0.3) is 0 Å². The summed E-state index contributed by atoms with van der Waals surface area (Å²) >= 11 is 0. The number of anilines is 1. The molecule has 0 spiro atoms. The highest BCUT2D eigenvalue weighted by molar-refractivity contribution is 5.60. The smallest absolute Gasteiger partial charge is 0.181 e. The first-order chi connectivity index (χ1) is 9.33. The molecular formula is C16H22N2O. The SMILES string of the molecule is CCCCC(CC)Nc1ccc(-c2cnco2)cc1. The topological polar surface area (TPSA) is 38.1 Å². The summed E-state index contributed by atoms with van der Waals surface area (Å²) in [6.07, 6.45) is 8.11. The van der Waals surface area contributed by atoms with Crippen LogP contribution in [0.3, 0.4) is 0 Å². The van der Waals surface area contributed by atoms with Gasteiger partial charge in [0.1, 0.15) is 0 Å². The van der Waals surface area contributed by atoms with E-state index in [1.807, 2.05) is 0 Å². The number of hydrogen-bond acceptors (Lipinski definition) is 3. The van der Waals surface area contributed by atoms with Crippen molar-refractivity contribution in [2.75, 3.05) is 5.32 Å². The third kappa shape index (κ3) is 3.85. The molecule has 0 aliphatic carbocycles. The first kappa shape index (κ1) is 13.7. The van der Waals surface area contributed by atoms with Crippen molar-refractivity contribution in [1.82, 2.24) is 4.98 Å². The minimum absolute atomic E-state index is 0.566. The van der Waals surface area contributed by atoms with Crippen LogP contribution < -0.4 is 5.32 Å². The summed E-state index contributed by atoms with van der Waals surface area (Å²) in [5.74, 6) is 0.810. The standard InChI is InChI=1S/C16H22N2O/c1-3-5-6-14(4-2)18-15-9-7-13(8-10-15)16-11-17-12-19-16/h7-12,14,18H,3-6H2,1-2H3. The number of hydrogen-bond donors (Lipinski definition) is 1. The molecule has 0 radical (unpaired) electrons. The van der Waals surface area contributed by atoms with Crippen LogP contribution in [0, 0.1) is 0 Å². The molecule has 0 amide bonds. The first-order valence-electron chi connectivity index (χ1n) is 7.09. The zero-order valence-electron chi connectivity index (χ0n) is 11.7. The van der Waals surface area contributed by atoms with Gasteiger partial charge in [0, 0.05) is 17.3 Å². The first-order valence-corrected chi connectivity index (χ1v) is 7.09. The number of nitrogens with zero attached hydrogens (tertiary/aromatic N) is 1. The minimum Gasteiger partial charge on any atom is -0.444 e. The predicted molar refractivity (Wildman–Crippen MR) is 79.2 cm³/mol. The second-order valence-electron chi connectivity index (χ2n) is 4.83. The quantitative estimate of drug-likeness (QED) is 0.780. The van der Waals surface area contributed by atoms with Crippen LogP contribution in [0.15, 0.2) is 41.3 Å². The van der Waals surface area contributed by atoms with E-state index in [-0.39, 0.29) is 0 Å². The third-order valence-corrected chi connectivity index (χ3v) is 3.37. The van der Waals surface area contributed by atoms with E-state index >= 15 is 0 Å². The van der Waals surface area contributed by atoms with Gasteiger partial charge in [-0.15, -0.1) is 0 Å². The van der Waals surface area contributed by atoms with Crippen LogP contribution in [0.2, 0.25) is 0 Å². The Labute approximate surface area is 115 Å². The van der Waals surface area contributed by atoms with E-state index in [4.69, 9.17) is 4.42 Å². The van der Waals surface area contributed by atoms with Gasteiger partial charge in [-0.1, -0.05) is 26.7 Å². The fourth-order valence-electron chi connectivity index (χ4n) is 2.15. The number of benzene rings is 1. The van der Waals surface area contributed by atoms with Crippen molar-refractivity contribution in [2.45, 2.75) is 45.6 Å². The molecule has 2 rings (SSSR count). The number of nitrogens with one attached hydrogen (secondary N) is 1. The van der Waals surface area contributed by atoms with Crippen LogP contribution in [-0.2, 0) is 0 Å². The maximum Gasteiger partial charge on any atom is 0.181 e. The van der Waals surface area contributed by atoms with Crippen LogP contribution in [-0.4, -0.2) is 11.0 Å². The van der Waals surface area contributed by atoms with Crippen LogP contribution in [0.1, 0.15) is 39.5 Å². The lowest BCUT2D eigenvalue weighted by Crippen LogP contribution is -2.18. The van der Waals surface area contributed by atoms with Crippen molar-refractivity contribution < 1.29 is 4.42 Å². The van der Waals surface area contributed by atoms with Gasteiger partial charge in [0.15, 0.2) is 12.2 Å². The molecule has 102 valence electrons. The molecule has 1 aromatic carbocycles. The highest BCUT2D eigenvalue weighted by Crippen LogP contribution is 2.21. The van der Waals surface area contributed by atoms with E-state index in [0.717, 1.165) is 17.7 Å². The number of aromatic nitrogens is 1. The highest BCUT2D eigenvalue weighted by Gasteiger charge is 2.06. The van der Waals surface area contributed by atoms with Gasteiger partial charge in [0.2, 0.25) is 0 Å². The van der Waals surface area contributed by atoms with E-state index in [9.17, 15) is 0 Å². The third-order valence-electron chi connectivity index (χ3n) is 3.37. The monoisotopic (exact) mass is 258 g/mol. The van der Waals surface area contributed by atoms with Crippen LogP contribution in [0.4, 0.5) is 5.69 Å². The average molecular weight is 258 g/mol. The Morgan fingerprint density at radius 2 is 2.00 bits per heavy atom. The molecule has 1 atom stereocenters. The molecule has 0 aliphatic heterocycles. The fourth-order valence-corrected chi connectivity index (χ4v) is 2.15. The summed E-state index contributed by atoms with van der Waals surface area (Å²) in [7, 11) is 0. The normalized spacial score (nSPS) is 12.3. The van der Waals surface area contributed by atoms with Crippen molar-refractivity contribution >= 4 is 5.69 Å². The molecule has 0 saturated heterocycles. The van der Waals surface area contributed by atoms with Crippen molar-refractivity contribution in [2.24, 2.45) is 0 Å². The van der Waals surface area contributed by atoms with Gasteiger partial charge in [-0.25, -0.2) is 4.98 Å². The second kappa shape index (κ2) is 6.98. The fraction of sp³-hybridized carbons (Fsp3) is 0.438. The Balaban J connectivity index is 1.98. The molecule has 1 N–H and O–H groups in total. The Bertz CT molecular complexity index is 462. The summed E-state index contributed by atoms with van der Waals surface area (Å²) in [5.41, 5.74) is 2.23. The molecule has 0 bridgehead atoms. The summed E-state index contributed by atoms with van der Waals surface area (Å²) < 4.78 is 5.28. The summed E-state index contributed by atoms with van der Waals surface area (Å²) in [4.78, 5) is 3.93. The van der Waals surface area contributed by atoms with Gasteiger partial charge in [0.05, 0.1) is 6.20 Å². The molecule has 3 nitrogen and oxygen atoms in total. The summed E-state index contributed by atoms with van der Waals surface area (Å²) in [6, 6.07) is 8.90. The zero-order valence-corrected chi connectivity index (χ0v) is 11.7. The molecule has 0 saturated carbocycles. The number of oxazole rings is 1. The van der Waals surface area contributed by atoms with Gasteiger partial charge in [-0.05, 0) is 37.1 Å². The van der Waals surface area contributed by atoms with Crippen molar-refractivity contribution in [3.63, 3.8) is 0 Å². The number of rotatable bonds is 7. The summed E-state index contributed by atoms with van der Waals surface area (Å²) in [6.45, 7) is 4.47. The lowest BCUT2D eigenvalue weighted by atomic mass is 10.1. The molecule has 0 aliphatic rings. The molecule has 19 heavy (non-hydrogen) atoms. The van der Waals surface area contributed by atoms with E-state index in [0.29, 0.717) is 6.04 Å². The Morgan fingerprint density at radius 3 is 2.58 bits per heavy atom. The number of unbranched alkanes of at least 4 members (excludes halogenated alkanes) is 1. The summed E-state index contributed by atoms with van der Waals surface area (Å²) in [5, 5.41) is 3.59. The van der Waals surface area contributed by atoms with Gasteiger partial charge in [-0.2, -0.15) is 0 Å². The maximum absolute atomic E-state index is 5.28. The van der Waals surface area contributed by atoms with Gasteiger partial charge < -0.3 is 9.73 Å². The van der Waals surface area contributed by atoms with E-state index in [2.05, 4.69) is 48.4 Å². The predicted octanol–water partition coefficient (Wildman–Crippen LogP) is 4.72. The van der Waals surface area contributed by atoms with E-state index < -0.39 is 0 Å². The van der Waals surface area contributed by atoms with Crippen LogP contribution >= 0.6 is 0 Å². The zero-order chi connectivity index (χ0) is 13.5. The van der Waals surface area contributed by atoms with Crippen LogP contribution in [0.25, 0.3) is 11.3 Å². The lowest BCUT2D eigenvalue weighted by molar-refractivity contribution is 0.572. The van der Waals surface area contributed by atoms with Gasteiger partial charge >= 0.3 is 0 Å². The molecular weight excluding hydrogens is 236 g/mol. The molecule has 1 unspecified atom stereocenters. The molecule has 0 fully saturated rings. The van der Waals surface area contributed by atoms with Gasteiger partial charge in [-0.3, -0.25) is 0 Å². The Hall–Kier alpha value is -1.77. The second-order valence-corrected chi connectivity index (χ2v) is 4.83. The molecule has 2 aromatic rings. The van der Waals surface area contributed by atoms with Crippen molar-refractivity contribution in [3.05, 3.63) is 36.9 Å². The average Bonchev–Trinajstić information content (AvgIpc) is 2.98. The van der Waals surface area contributed by atoms with Crippen molar-refractivity contribution in [3.8, 4) is 11.3 Å². The molecule has 1 aromatic heterocycles.